The van der Waals surface area contributed by atoms with Crippen molar-refractivity contribution in [3.63, 3.8) is 0 Å². The first-order valence-electron chi connectivity index (χ1n) is 7.38. The molecule has 2 saturated carbocycles. The Morgan fingerprint density at radius 2 is 1.95 bits per heavy atom. The molecule has 2 N–H and O–H groups in total. The molecule has 3 fully saturated rings. The Morgan fingerprint density at radius 3 is 2.63 bits per heavy atom. The number of aliphatic hydroxyl groups is 2. The lowest BCUT2D eigenvalue weighted by Crippen LogP contribution is -2.62. The van der Waals surface area contributed by atoms with Crippen molar-refractivity contribution < 1.29 is 19.7 Å². The fraction of sp³-hybridized carbons (Fsp3) is 0.933. The van der Waals surface area contributed by atoms with Gasteiger partial charge in [-0.1, -0.05) is 13.8 Å². The van der Waals surface area contributed by atoms with Crippen LogP contribution in [0.4, 0.5) is 0 Å². The largest absolute Gasteiger partial charge is 0.461 e. The lowest BCUT2D eigenvalue weighted by Gasteiger charge is -2.57. The molecule has 3 aliphatic rings. The molecule has 0 unspecified atom stereocenters. The number of aliphatic hydroxyl groups excluding tert-OH is 1. The van der Waals surface area contributed by atoms with Gasteiger partial charge in [0.2, 0.25) is 0 Å². The van der Waals surface area contributed by atoms with Gasteiger partial charge in [0.1, 0.15) is 6.10 Å². The number of hydrogen-bond donors (Lipinski definition) is 2. The average molecular weight is 268 g/mol. The van der Waals surface area contributed by atoms with Crippen LogP contribution >= 0.6 is 0 Å². The molecule has 1 heterocycles. The van der Waals surface area contributed by atoms with E-state index in [1.54, 1.807) is 0 Å². The quantitative estimate of drug-likeness (QED) is 0.653. The highest BCUT2D eigenvalue weighted by atomic mass is 16.6. The van der Waals surface area contributed by atoms with E-state index in [0.717, 1.165) is 12.8 Å². The average Bonchev–Trinajstić information content (AvgIpc) is 2.60. The molecule has 108 valence electrons. The molecule has 0 amide bonds. The summed E-state index contributed by atoms with van der Waals surface area (Å²) in [7, 11) is 0. The van der Waals surface area contributed by atoms with E-state index in [9.17, 15) is 15.0 Å². The zero-order valence-corrected chi connectivity index (χ0v) is 11.9. The van der Waals surface area contributed by atoms with Crippen molar-refractivity contribution in [2.24, 2.45) is 23.2 Å². The molecule has 4 heteroatoms. The molecule has 0 bridgehead atoms. The highest BCUT2D eigenvalue weighted by molar-refractivity contribution is 5.75. The first-order valence-corrected chi connectivity index (χ1v) is 7.38. The summed E-state index contributed by atoms with van der Waals surface area (Å²) >= 11 is 0. The number of carbonyl (C=O) groups is 1. The number of hydrogen-bond acceptors (Lipinski definition) is 4. The summed E-state index contributed by atoms with van der Waals surface area (Å²) < 4.78 is 5.59. The Hall–Kier alpha value is -0.610. The third-order valence-corrected chi connectivity index (χ3v) is 6.10. The van der Waals surface area contributed by atoms with Crippen LogP contribution in [0.25, 0.3) is 0 Å². The summed E-state index contributed by atoms with van der Waals surface area (Å²) in [5.41, 5.74) is -1.20. The zero-order valence-electron chi connectivity index (χ0n) is 11.9. The summed E-state index contributed by atoms with van der Waals surface area (Å²) in [5, 5.41) is 21.2. The fourth-order valence-corrected chi connectivity index (χ4v) is 4.88. The van der Waals surface area contributed by atoms with Gasteiger partial charge in [-0.2, -0.15) is 0 Å². The summed E-state index contributed by atoms with van der Waals surface area (Å²) in [6.07, 6.45) is 2.32. The first kappa shape index (κ1) is 13.4. The van der Waals surface area contributed by atoms with Gasteiger partial charge >= 0.3 is 5.97 Å². The molecule has 4 nitrogen and oxygen atoms in total. The first-order chi connectivity index (χ1) is 8.77. The van der Waals surface area contributed by atoms with Crippen LogP contribution in [0.3, 0.4) is 0 Å². The van der Waals surface area contributed by atoms with E-state index in [0.29, 0.717) is 12.8 Å². The maximum Gasteiger partial charge on any atom is 0.309 e. The number of rotatable bonds is 0. The third kappa shape index (κ3) is 1.69. The second-order valence-corrected chi connectivity index (χ2v) is 7.29. The Balaban J connectivity index is 2.01. The highest BCUT2D eigenvalue weighted by Crippen LogP contribution is 2.58. The molecule has 0 aromatic carbocycles. The van der Waals surface area contributed by atoms with Crippen LogP contribution in [-0.4, -0.2) is 34.0 Å². The van der Waals surface area contributed by atoms with Crippen molar-refractivity contribution in [3.05, 3.63) is 0 Å². The minimum absolute atomic E-state index is 0.0792. The molecule has 0 aromatic heterocycles. The van der Waals surface area contributed by atoms with Gasteiger partial charge in [-0.05, 0) is 32.6 Å². The molecule has 1 saturated heterocycles. The van der Waals surface area contributed by atoms with Crippen LogP contribution in [0.2, 0.25) is 0 Å². The lowest BCUT2D eigenvalue weighted by molar-refractivity contribution is -0.212. The topological polar surface area (TPSA) is 66.8 Å². The van der Waals surface area contributed by atoms with Gasteiger partial charge in [0.15, 0.2) is 0 Å². The SMILES string of the molecule is C[C@@H]1C(=O)O[C@H]2[C@@H]1CC[C@]1(C)[C@@H]2[C@](C)(O)CC[C@@H]1O. The zero-order chi connectivity index (χ0) is 14.0. The molecular weight excluding hydrogens is 244 g/mol. The number of fused-ring (bicyclic) bond motifs is 3. The molecule has 1 aliphatic heterocycles. The normalized spacial score (nSPS) is 57.3. The van der Waals surface area contributed by atoms with Crippen LogP contribution in [0.1, 0.15) is 46.5 Å². The predicted octanol–water partition coefficient (Wildman–Crippen LogP) is 1.49. The smallest absolute Gasteiger partial charge is 0.309 e. The van der Waals surface area contributed by atoms with Crippen molar-refractivity contribution in [2.45, 2.75) is 64.3 Å². The minimum atomic E-state index is -0.859. The van der Waals surface area contributed by atoms with Crippen LogP contribution in [-0.2, 0) is 9.53 Å². The standard InChI is InChI=1S/C15H24O4/c1-8-9-4-6-14(2)10(16)5-7-15(3,18)12(14)11(9)19-13(8)17/h8-12,16,18H,4-7H2,1-3H3/t8-,9+,10-,11-,12+,14-,15+/m0/s1. The molecule has 19 heavy (non-hydrogen) atoms. The second-order valence-electron chi connectivity index (χ2n) is 7.29. The molecule has 2 aliphatic carbocycles. The summed E-state index contributed by atoms with van der Waals surface area (Å²) in [6, 6.07) is 0. The summed E-state index contributed by atoms with van der Waals surface area (Å²) in [5.74, 6) is -0.182. The molecule has 0 spiro atoms. The van der Waals surface area contributed by atoms with Crippen LogP contribution in [0.5, 0.6) is 0 Å². The van der Waals surface area contributed by atoms with Crippen molar-refractivity contribution in [1.82, 2.24) is 0 Å². The predicted molar refractivity (Wildman–Crippen MR) is 69.2 cm³/mol. The summed E-state index contributed by atoms with van der Waals surface area (Å²) in [4.78, 5) is 11.8. The van der Waals surface area contributed by atoms with E-state index < -0.39 is 11.7 Å². The van der Waals surface area contributed by atoms with Gasteiger partial charge < -0.3 is 14.9 Å². The Labute approximate surface area is 114 Å². The maximum absolute atomic E-state index is 11.8. The molecule has 3 rings (SSSR count). The van der Waals surface area contributed by atoms with Crippen LogP contribution < -0.4 is 0 Å². The minimum Gasteiger partial charge on any atom is -0.461 e. The Morgan fingerprint density at radius 1 is 1.26 bits per heavy atom. The Kier molecular flexibility index (Phi) is 2.78. The lowest BCUT2D eigenvalue weighted by atomic mass is 9.51. The van der Waals surface area contributed by atoms with Crippen LogP contribution in [0.15, 0.2) is 0 Å². The third-order valence-electron chi connectivity index (χ3n) is 6.10. The molecule has 7 atom stereocenters. The Bertz CT molecular complexity index is 405. The van der Waals surface area contributed by atoms with Crippen molar-refractivity contribution >= 4 is 5.97 Å². The van der Waals surface area contributed by atoms with Gasteiger partial charge in [-0.25, -0.2) is 0 Å². The van der Waals surface area contributed by atoms with E-state index >= 15 is 0 Å². The van der Waals surface area contributed by atoms with Crippen molar-refractivity contribution in [1.29, 1.82) is 0 Å². The van der Waals surface area contributed by atoms with Gasteiger partial charge in [0.25, 0.3) is 0 Å². The van der Waals surface area contributed by atoms with Gasteiger partial charge in [-0.15, -0.1) is 0 Å². The highest BCUT2D eigenvalue weighted by Gasteiger charge is 2.63. The van der Waals surface area contributed by atoms with Gasteiger partial charge in [0, 0.05) is 17.3 Å². The van der Waals surface area contributed by atoms with E-state index in [2.05, 4.69) is 0 Å². The van der Waals surface area contributed by atoms with Gasteiger partial charge in [0.05, 0.1) is 17.6 Å². The summed E-state index contributed by atoms with van der Waals surface area (Å²) in [6.45, 7) is 5.80. The fourth-order valence-electron chi connectivity index (χ4n) is 4.88. The number of carbonyl (C=O) groups excluding carboxylic acids is 1. The van der Waals surface area contributed by atoms with E-state index in [4.69, 9.17) is 4.74 Å². The monoisotopic (exact) mass is 268 g/mol. The van der Waals surface area contributed by atoms with E-state index in [1.165, 1.54) is 0 Å². The molecule has 0 radical (unpaired) electrons. The molecule has 0 aromatic rings. The maximum atomic E-state index is 11.8. The van der Waals surface area contributed by atoms with E-state index in [1.807, 2.05) is 20.8 Å². The number of ether oxygens (including phenoxy) is 1. The number of esters is 1. The van der Waals surface area contributed by atoms with Gasteiger partial charge in [-0.3, -0.25) is 4.79 Å². The van der Waals surface area contributed by atoms with Crippen LogP contribution in [0, 0.1) is 23.2 Å². The molecular formula is C15H24O4. The second kappa shape index (κ2) is 3.95. The van der Waals surface area contributed by atoms with Crippen molar-refractivity contribution in [2.75, 3.05) is 0 Å². The van der Waals surface area contributed by atoms with Crippen molar-refractivity contribution in [3.8, 4) is 0 Å². The van der Waals surface area contributed by atoms with E-state index in [-0.39, 0.29) is 35.2 Å².